The molecule has 0 aliphatic carbocycles. The highest BCUT2D eigenvalue weighted by molar-refractivity contribution is 5.90. The smallest absolute Gasteiger partial charge is 0.331 e. The number of esters is 1. The van der Waals surface area contributed by atoms with E-state index in [2.05, 4.69) is 10.6 Å². The number of carbonyl (C=O) groups is 3. The number of hydrogen-bond acceptors (Lipinski definition) is 6. The molecule has 0 bridgehead atoms. The van der Waals surface area contributed by atoms with E-state index < -0.39 is 36.5 Å². The van der Waals surface area contributed by atoms with Gasteiger partial charge in [0.25, 0.3) is 0 Å². The molecule has 0 aliphatic heterocycles. The molecule has 0 saturated heterocycles. The minimum atomic E-state index is -1.21. The van der Waals surface area contributed by atoms with Crippen molar-refractivity contribution in [3.63, 3.8) is 0 Å². The lowest BCUT2D eigenvalue weighted by Crippen LogP contribution is -2.52. The van der Waals surface area contributed by atoms with Crippen LogP contribution in [0.15, 0.2) is 30.3 Å². The number of aliphatic hydroxyl groups is 1. The Morgan fingerprint density at radius 2 is 1.87 bits per heavy atom. The number of nitrogens with two attached hydrogens (primary N) is 1. The van der Waals surface area contributed by atoms with Crippen molar-refractivity contribution in [1.29, 1.82) is 0 Å². The molecule has 2 atom stereocenters. The second-order valence-electron chi connectivity index (χ2n) is 4.83. The second-order valence-corrected chi connectivity index (χ2v) is 4.83. The Balaban J connectivity index is 2.50. The van der Waals surface area contributed by atoms with Crippen molar-refractivity contribution in [1.82, 2.24) is 10.6 Å². The summed E-state index contributed by atoms with van der Waals surface area (Å²) < 4.78 is 5.04. The van der Waals surface area contributed by atoms with Crippen LogP contribution < -0.4 is 16.4 Å². The molecule has 0 heterocycles. The van der Waals surface area contributed by atoms with Gasteiger partial charge in [-0.25, -0.2) is 4.79 Å². The first-order valence-electron chi connectivity index (χ1n) is 7.09. The van der Waals surface area contributed by atoms with Crippen LogP contribution in [-0.2, 0) is 25.7 Å². The van der Waals surface area contributed by atoms with Crippen LogP contribution in [0.2, 0.25) is 0 Å². The van der Waals surface area contributed by atoms with Gasteiger partial charge >= 0.3 is 5.97 Å². The fourth-order valence-electron chi connectivity index (χ4n) is 1.67. The number of aliphatic hydroxyl groups excluding tert-OH is 1. The number of hydrogen-bond donors (Lipinski definition) is 4. The molecular formula is C15H21N3O5. The van der Waals surface area contributed by atoms with E-state index in [9.17, 15) is 19.5 Å². The molecule has 0 unspecified atom stereocenters. The standard InChI is InChI=1S/C15H21N3O5/c1-10(17-13(20)7-16)14(21)18-12(8-19)15(22)23-9-11-5-3-2-4-6-11/h2-6,10,12,19H,7-9,16H2,1H3,(H,17,20)(H,18,21)/t10-,12-/m0/s1. The predicted octanol–water partition coefficient (Wildman–Crippen LogP) is -1.33. The lowest BCUT2D eigenvalue weighted by molar-refractivity contribution is -0.150. The van der Waals surface area contributed by atoms with Crippen LogP contribution in [0, 0.1) is 0 Å². The molecule has 1 rings (SSSR count). The normalized spacial score (nSPS) is 12.8. The van der Waals surface area contributed by atoms with Crippen molar-refractivity contribution in [2.24, 2.45) is 5.73 Å². The van der Waals surface area contributed by atoms with Gasteiger partial charge in [0.2, 0.25) is 11.8 Å². The molecule has 0 aromatic heterocycles. The van der Waals surface area contributed by atoms with Crippen LogP contribution in [0.25, 0.3) is 0 Å². The van der Waals surface area contributed by atoms with Gasteiger partial charge in [-0.2, -0.15) is 0 Å². The third-order valence-electron chi connectivity index (χ3n) is 2.96. The average molecular weight is 323 g/mol. The molecule has 126 valence electrons. The maximum Gasteiger partial charge on any atom is 0.331 e. The maximum atomic E-state index is 11.9. The number of amides is 2. The Morgan fingerprint density at radius 3 is 2.43 bits per heavy atom. The fraction of sp³-hybridized carbons (Fsp3) is 0.400. The molecule has 8 heteroatoms. The van der Waals surface area contributed by atoms with E-state index in [1.54, 1.807) is 24.3 Å². The summed E-state index contributed by atoms with van der Waals surface area (Å²) in [5.41, 5.74) is 5.92. The fourth-order valence-corrected chi connectivity index (χ4v) is 1.67. The highest BCUT2D eigenvalue weighted by atomic mass is 16.5. The van der Waals surface area contributed by atoms with Crippen molar-refractivity contribution in [3.8, 4) is 0 Å². The van der Waals surface area contributed by atoms with Gasteiger partial charge in [0, 0.05) is 0 Å². The first-order chi connectivity index (χ1) is 11.0. The minimum absolute atomic E-state index is 0.0332. The average Bonchev–Trinajstić information content (AvgIpc) is 2.57. The molecule has 0 fully saturated rings. The van der Waals surface area contributed by atoms with E-state index in [1.807, 2.05) is 6.07 Å². The molecule has 1 aromatic rings. The van der Waals surface area contributed by atoms with Gasteiger partial charge in [-0.15, -0.1) is 0 Å². The van der Waals surface area contributed by atoms with Gasteiger partial charge < -0.3 is 26.2 Å². The summed E-state index contributed by atoms with van der Waals surface area (Å²) in [6.07, 6.45) is 0. The third-order valence-corrected chi connectivity index (χ3v) is 2.96. The Hall–Kier alpha value is -2.45. The zero-order chi connectivity index (χ0) is 17.2. The third kappa shape index (κ3) is 6.45. The monoisotopic (exact) mass is 323 g/mol. The van der Waals surface area contributed by atoms with Crippen molar-refractivity contribution < 1.29 is 24.2 Å². The molecule has 0 aliphatic rings. The molecule has 0 spiro atoms. The molecule has 1 aromatic carbocycles. The van der Waals surface area contributed by atoms with Gasteiger partial charge in [0.1, 0.15) is 12.6 Å². The zero-order valence-corrected chi connectivity index (χ0v) is 12.8. The molecule has 23 heavy (non-hydrogen) atoms. The minimum Gasteiger partial charge on any atom is -0.459 e. The van der Waals surface area contributed by atoms with E-state index in [0.29, 0.717) is 0 Å². The lowest BCUT2D eigenvalue weighted by atomic mass is 10.2. The molecule has 0 saturated carbocycles. The zero-order valence-electron chi connectivity index (χ0n) is 12.8. The summed E-state index contributed by atoms with van der Waals surface area (Å²) >= 11 is 0. The summed E-state index contributed by atoms with van der Waals surface area (Å²) in [6.45, 7) is 0.606. The van der Waals surface area contributed by atoms with Gasteiger partial charge in [-0.05, 0) is 12.5 Å². The van der Waals surface area contributed by atoms with Gasteiger partial charge in [-0.3, -0.25) is 9.59 Å². The highest BCUT2D eigenvalue weighted by Crippen LogP contribution is 2.02. The molecular weight excluding hydrogens is 302 g/mol. The number of benzene rings is 1. The summed E-state index contributed by atoms with van der Waals surface area (Å²) in [6, 6.07) is 6.91. The van der Waals surface area contributed by atoms with E-state index in [1.165, 1.54) is 6.92 Å². The van der Waals surface area contributed by atoms with Crippen LogP contribution >= 0.6 is 0 Å². The number of nitrogens with one attached hydrogen (secondary N) is 2. The quantitative estimate of drug-likeness (QED) is 0.439. The largest absolute Gasteiger partial charge is 0.459 e. The molecule has 5 N–H and O–H groups in total. The number of carbonyl (C=O) groups excluding carboxylic acids is 3. The highest BCUT2D eigenvalue weighted by Gasteiger charge is 2.24. The summed E-state index contributed by atoms with van der Waals surface area (Å²) in [5.74, 6) is -1.88. The molecule has 2 amide bonds. The van der Waals surface area contributed by atoms with Gasteiger partial charge in [0.15, 0.2) is 6.04 Å². The van der Waals surface area contributed by atoms with E-state index >= 15 is 0 Å². The SMILES string of the molecule is C[C@H](NC(=O)CN)C(=O)N[C@@H](CO)C(=O)OCc1ccccc1. The summed E-state index contributed by atoms with van der Waals surface area (Å²) in [7, 11) is 0. The Labute approximate surface area is 134 Å². The van der Waals surface area contributed by atoms with Gasteiger partial charge in [-0.1, -0.05) is 30.3 Å². The van der Waals surface area contributed by atoms with Crippen LogP contribution in [0.3, 0.4) is 0 Å². The number of rotatable bonds is 8. The van der Waals surface area contributed by atoms with Crippen LogP contribution in [0.1, 0.15) is 12.5 Å². The first kappa shape index (κ1) is 18.6. The molecule has 0 radical (unpaired) electrons. The number of ether oxygens (including phenoxy) is 1. The summed E-state index contributed by atoms with van der Waals surface area (Å²) in [4.78, 5) is 34.9. The maximum absolute atomic E-state index is 11.9. The lowest BCUT2D eigenvalue weighted by Gasteiger charge is -2.19. The van der Waals surface area contributed by atoms with E-state index in [-0.39, 0.29) is 13.2 Å². The van der Waals surface area contributed by atoms with Gasteiger partial charge in [0.05, 0.1) is 13.2 Å². The Morgan fingerprint density at radius 1 is 1.22 bits per heavy atom. The van der Waals surface area contributed by atoms with Crippen LogP contribution in [0.4, 0.5) is 0 Å². The van der Waals surface area contributed by atoms with Crippen LogP contribution in [-0.4, -0.2) is 48.1 Å². The topological polar surface area (TPSA) is 131 Å². The molecule has 8 nitrogen and oxygen atoms in total. The van der Waals surface area contributed by atoms with E-state index in [4.69, 9.17) is 10.5 Å². The van der Waals surface area contributed by atoms with Crippen molar-refractivity contribution in [2.45, 2.75) is 25.6 Å². The Bertz CT molecular complexity index is 535. The van der Waals surface area contributed by atoms with Crippen molar-refractivity contribution in [2.75, 3.05) is 13.2 Å². The van der Waals surface area contributed by atoms with Crippen molar-refractivity contribution in [3.05, 3.63) is 35.9 Å². The predicted molar refractivity (Wildman–Crippen MR) is 81.9 cm³/mol. The summed E-state index contributed by atoms with van der Waals surface area (Å²) in [5, 5.41) is 13.9. The van der Waals surface area contributed by atoms with Crippen molar-refractivity contribution >= 4 is 17.8 Å². The van der Waals surface area contributed by atoms with E-state index in [0.717, 1.165) is 5.56 Å². The van der Waals surface area contributed by atoms with Crippen LogP contribution in [0.5, 0.6) is 0 Å². The second kappa shape index (κ2) is 9.54. The first-order valence-corrected chi connectivity index (χ1v) is 7.09. The Kier molecular flexibility index (Phi) is 7.72.